The van der Waals surface area contributed by atoms with Crippen molar-refractivity contribution >= 4 is 16.9 Å². The average Bonchev–Trinajstić information content (AvgIpc) is 2.83. The van der Waals surface area contributed by atoms with Crippen molar-refractivity contribution in [1.82, 2.24) is 10.3 Å². The number of amides is 1. The lowest BCUT2D eigenvalue weighted by Crippen LogP contribution is -2.24. The molecule has 6 nitrogen and oxygen atoms in total. The smallest absolute Gasteiger partial charge is 0.287 e. The van der Waals surface area contributed by atoms with Gasteiger partial charge in [0.25, 0.3) is 5.91 Å². The van der Waals surface area contributed by atoms with Crippen molar-refractivity contribution in [1.29, 1.82) is 0 Å². The number of hydrogen-bond donors (Lipinski definition) is 1. The molecule has 0 atom stereocenters. The van der Waals surface area contributed by atoms with Gasteiger partial charge >= 0.3 is 0 Å². The number of carbonyl (C=O) groups excluding carboxylic acids is 1. The summed E-state index contributed by atoms with van der Waals surface area (Å²) < 4.78 is 10.8. The Hall–Kier alpha value is -2.89. The van der Waals surface area contributed by atoms with Gasteiger partial charge in [-0.1, -0.05) is 12.1 Å². The van der Waals surface area contributed by atoms with Gasteiger partial charge in [-0.25, -0.2) is 4.98 Å². The van der Waals surface area contributed by atoms with Crippen molar-refractivity contribution in [2.75, 3.05) is 0 Å². The maximum atomic E-state index is 12.1. The number of oxazole rings is 1. The van der Waals surface area contributed by atoms with Gasteiger partial charge in [0.1, 0.15) is 11.3 Å². The Bertz CT molecular complexity index is 888. The third kappa shape index (κ3) is 2.63. The van der Waals surface area contributed by atoms with Crippen molar-refractivity contribution in [3.05, 3.63) is 63.7 Å². The first-order valence-corrected chi connectivity index (χ1v) is 6.78. The van der Waals surface area contributed by atoms with E-state index in [2.05, 4.69) is 10.3 Å². The van der Waals surface area contributed by atoms with E-state index in [0.717, 1.165) is 5.69 Å². The Labute approximate surface area is 125 Å². The van der Waals surface area contributed by atoms with E-state index in [1.54, 1.807) is 31.2 Å². The molecule has 22 heavy (non-hydrogen) atoms. The van der Waals surface area contributed by atoms with Crippen LogP contribution in [0.3, 0.4) is 0 Å². The molecular formula is C16H14N2O4. The molecule has 0 aliphatic heterocycles. The fourth-order valence-corrected chi connectivity index (χ4v) is 2.07. The van der Waals surface area contributed by atoms with Crippen molar-refractivity contribution in [2.24, 2.45) is 0 Å². The predicted molar refractivity (Wildman–Crippen MR) is 79.6 cm³/mol. The topological polar surface area (TPSA) is 85.3 Å². The standard InChI is InChI=1S/C16H14N2O4/c1-9-10(2)21-15(18-9)8-17-16(20)14-7-12(19)11-5-3-4-6-13(11)22-14/h3-7H,8H2,1-2H3,(H,17,20). The zero-order chi connectivity index (χ0) is 15.7. The Kier molecular flexibility index (Phi) is 3.50. The number of fused-ring (bicyclic) bond motifs is 1. The van der Waals surface area contributed by atoms with E-state index < -0.39 is 5.91 Å². The summed E-state index contributed by atoms with van der Waals surface area (Å²) in [5.41, 5.74) is 0.902. The zero-order valence-electron chi connectivity index (χ0n) is 12.2. The minimum absolute atomic E-state index is 0.0382. The van der Waals surface area contributed by atoms with E-state index in [9.17, 15) is 9.59 Å². The fourth-order valence-electron chi connectivity index (χ4n) is 2.07. The summed E-state index contributed by atoms with van der Waals surface area (Å²) in [5.74, 6) is 0.591. The van der Waals surface area contributed by atoms with Crippen LogP contribution in [-0.4, -0.2) is 10.9 Å². The monoisotopic (exact) mass is 298 g/mol. The van der Waals surface area contributed by atoms with Crippen LogP contribution in [0.4, 0.5) is 0 Å². The van der Waals surface area contributed by atoms with Crippen LogP contribution in [0.25, 0.3) is 11.0 Å². The number of hydrogen-bond acceptors (Lipinski definition) is 5. The van der Waals surface area contributed by atoms with Crippen molar-refractivity contribution in [3.63, 3.8) is 0 Å². The molecule has 0 aliphatic carbocycles. The molecule has 0 fully saturated rings. The molecule has 0 saturated carbocycles. The quantitative estimate of drug-likeness (QED) is 0.802. The number of aryl methyl sites for hydroxylation is 2. The van der Waals surface area contributed by atoms with Crippen molar-refractivity contribution in [2.45, 2.75) is 20.4 Å². The summed E-state index contributed by atoms with van der Waals surface area (Å²) in [6.07, 6.45) is 0. The number of nitrogens with zero attached hydrogens (tertiary/aromatic N) is 1. The lowest BCUT2D eigenvalue weighted by atomic mass is 10.2. The molecule has 0 unspecified atom stereocenters. The summed E-state index contributed by atoms with van der Waals surface area (Å²) in [4.78, 5) is 28.2. The molecule has 2 heterocycles. The molecule has 2 aromatic heterocycles. The molecular weight excluding hydrogens is 284 g/mol. The maximum Gasteiger partial charge on any atom is 0.287 e. The van der Waals surface area contributed by atoms with Gasteiger partial charge in [0.2, 0.25) is 5.89 Å². The van der Waals surface area contributed by atoms with E-state index in [1.807, 2.05) is 6.92 Å². The van der Waals surface area contributed by atoms with E-state index in [-0.39, 0.29) is 17.7 Å². The van der Waals surface area contributed by atoms with Crippen LogP contribution in [-0.2, 0) is 6.54 Å². The number of carbonyl (C=O) groups is 1. The van der Waals surface area contributed by atoms with Gasteiger partial charge in [-0.3, -0.25) is 9.59 Å². The van der Waals surface area contributed by atoms with Crippen LogP contribution >= 0.6 is 0 Å². The minimum Gasteiger partial charge on any atom is -0.451 e. The van der Waals surface area contributed by atoms with Crippen LogP contribution in [0, 0.1) is 13.8 Å². The highest BCUT2D eigenvalue weighted by Crippen LogP contribution is 2.12. The molecule has 3 rings (SSSR count). The first kappa shape index (κ1) is 14.1. The van der Waals surface area contributed by atoms with Crippen LogP contribution in [0.2, 0.25) is 0 Å². The Morgan fingerprint density at radius 1 is 1.23 bits per heavy atom. The summed E-state index contributed by atoms with van der Waals surface area (Å²) in [6, 6.07) is 7.97. The Morgan fingerprint density at radius 2 is 2.00 bits per heavy atom. The normalized spacial score (nSPS) is 10.8. The molecule has 112 valence electrons. The molecule has 0 saturated heterocycles. The van der Waals surface area contributed by atoms with Crippen LogP contribution in [0.15, 0.2) is 44.0 Å². The highest BCUT2D eigenvalue weighted by Gasteiger charge is 2.13. The highest BCUT2D eigenvalue weighted by molar-refractivity contribution is 5.93. The summed E-state index contributed by atoms with van der Waals surface area (Å²) in [7, 11) is 0. The molecule has 1 N–H and O–H groups in total. The molecule has 6 heteroatoms. The zero-order valence-corrected chi connectivity index (χ0v) is 12.2. The number of benzene rings is 1. The van der Waals surface area contributed by atoms with Crippen LogP contribution < -0.4 is 10.7 Å². The summed E-state index contributed by atoms with van der Waals surface area (Å²) in [6.45, 7) is 3.76. The lowest BCUT2D eigenvalue weighted by Gasteiger charge is -2.03. The van der Waals surface area contributed by atoms with Crippen molar-refractivity contribution in [3.8, 4) is 0 Å². The van der Waals surface area contributed by atoms with E-state index in [4.69, 9.17) is 8.83 Å². The van der Waals surface area contributed by atoms with Gasteiger partial charge in [-0.05, 0) is 26.0 Å². The summed E-state index contributed by atoms with van der Waals surface area (Å²) in [5, 5.41) is 3.06. The second kappa shape index (κ2) is 5.48. The predicted octanol–water partition coefficient (Wildman–Crippen LogP) is 2.33. The number of rotatable bonds is 3. The van der Waals surface area contributed by atoms with Gasteiger partial charge in [-0.15, -0.1) is 0 Å². The van der Waals surface area contributed by atoms with Crippen LogP contribution in [0.1, 0.15) is 27.9 Å². The minimum atomic E-state index is -0.489. The molecule has 0 bridgehead atoms. The Balaban J connectivity index is 1.81. The third-order valence-corrected chi connectivity index (χ3v) is 3.33. The molecule has 0 aliphatic rings. The van der Waals surface area contributed by atoms with Gasteiger partial charge in [0.05, 0.1) is 17.6 Å². The number of nitrogens with one attached hydrogen (secondary N) is 1. The van der Waals surface area contributed by atoms with Gasteiger partial charge in [0, 0.05) is 6.07 Å². The van der Waals surface area contributed by atoms with Crippen molar-refractivity contribution < 1.29 is 13.6 Å². The number of para-hydroxylation sites is 1. The lowest BCUT2D eigenvalue weighted by molar-refractivity contribution is 0.0920. The maximum absolute atomic E-state index is 12.1. The molecule has 0 radical (unpaired) electrons. The highest BCUT2D eigenvalue weighted by atomic mass is 16.4. The number of aromatic nitrogens is 1. The molecule has 3 aromatic rings. The average molecular weight is 298 g/mol. The molecule has 0 spiro atoms. The largest absolute Gasteiger partial charge is 0.451 e. The molecule has 1 aromatic carbocycles. The first-order chi connectivity index (χ1) is 10.5. The second-order valence-corrected chi connectivity index (χ2v) is 4.90. The van der Waals surface area contributed by atoms with Gasteiger partial charge in [-0.2, -0.15) is 0 Å². The summed E-state index contributed by atoms with van der Waals surface area (Å²) >= 11 is 0. The third-order valence-electron chi connectivity index (χ3n) is 3.33. The van der Waals surface area contributed by atoms with Gasteiger partial charge in [0.15, 0.2) is 11.2 Å². The van der Waals surface area contributed by atoms with Crippen LogP contribution in [0.5, 0.6) is 0 Å². The van der Waals surface area contributed by atoms with Gasteiger partial charge < -0.3 is 14.2 Å². The first-order valence-electron chi connectivity index (χ1n) is 6.78. The Morgan fingerprint density at radius 3 is 2.73 bits per heavy atom. The van der Waals surface area contributed by atoms with E-state index in [0.29, 0.717) is 22.6 Å². The molecule has 1 amide bonds. The SMILES string of the molecule is Cc1nc(CNC(=O)c2cc(=O)c3ccccc3o2)oc1C. The second-order valence-electron chi connectivity index (χ2n) is 4.90. The van der Waals surface area contributed by atoms with E-state index in [1.165, 1.54) is 6.07 Å². The van der Waals surface area contributed by atoms with E-state index >= 15 is 0 Å². The fraction of sp³-hybridized carbons (Fsp3) is 0.188.